The van der Waals surface area contributed by atoms with Gasteiger partial charge in [0.1, 0.15) is 17.1 Å². The molecule has 0 aliphatic rings. The summed E-state index contributed by atoms with van der Waals surface area (Å²) in [6.45, 7) is 0. The minimum absolute atomic E-state index is 0.613. The van der Waals surface area contributed by atoms with E-state index in [2.05, 4.69) is 15.2 Å². The molecule has 136 valence electrons. The van der Waals surface area contributed by atoms with E-state index in [1.807, 2.05) is 84.9 Å². The normalized spacial score (nSPS) is 10.9. The van der Waals surface area contributed by atoms with Crippen molar-refractivity contribution in [3.63, 3.8) is 0 Å². The summed E-state index contributed by atoms with van der Waals surface area (Å²) >= 11 is 0. The number of hydrogen-bond acceptors (Lipinski definition) is 5. The van der Waals surface area contributed by atoms with Gasteiger partial charge in [-0.25, -0.2) is 9.97 Å². The molecule has 0 amide bonds. The van der Waals surface area contributed by atoms with Crippen LogP contribution in [0.4, 0.5) is 11.4 Å². The van der Waals surface area contributed by atoms with Crippen LogP contribution >= 0.6 is 0 Å². The van der Waals surface area contributed by atoms with Crippen molar-refractivity contribution in [3.05, 3.63) is 91.1 Å². The molecule has 0 unspecified atom stereocenters. The largest absolute Gasteiger partial charge is 0.497 e. The number of rotatable bonds is 5. The lowest BCUT2D eigenvalue weighted by atomic mass is 10.1. The minimum Gasteiger partial charge on any atom is -0.497 e. The van der Waals surface area contributed by atoms with Crippen molar-refractivity contribution in [1.29, 1.82) is 0 Å². The molecule has 3 aromatic carbocycles. The minimum atomic E-state index is 0.613. The predicted octanol–water partition coefficient (Wildman–Crippen LogP) is 6.23. The van der Waals surface area contributed by atoms with E-state index in [0.29, 0.717) is 11.5 Å². The van der Waals surface area contributed by atoms with E-state index in [1.54, 1.807) is 13.3 Å². The molecule has 0 saturated heterocycles. The Balaban J connectivity index is 1.74. The molecular formula is C23H18N4O. The third-order valence-electron chi connectivity index (χ3n) is 4.19. The maximum atomic E-state index is 5.17. The molecule has 4 aromatic rings. The summed E-state index contributed by atoms with van der Waals surface area (Å²) in [5.74, 6) is 1.43. The highest BCUT2D eigenvalue weighted by molar-refractivity contribution is 5.73. The number of aromatic nitrogens is 2. The van der Waals surface area contributed by atoms with Gasteiger partial charge in [0.2, 0.25) is 0 Å². The van der Waals surface area contributed by atoms with Gasteiger partial charge in [0.15, 0.2) is 5.82 Å². The van der Waals surface area contributed by atoms with Gasteiger partial charge in [-0.3, -0.25) is 0 Å². The number of hydrogen-bond donors (Lipinski definition) is 0. The molecule has 0 atom stereocenters. The Morgan fingerprint density at radius 2 is 1.36 bits per heavy atom. The molecule has 0 radical (unpaired) electrons. The zero-order chi connectivity index (χ0) is 19.2. The molecule has 0 aliphatic heterocycles. The van der Waals surface area contributed by atoms with Crippen LogP contribution < -0.4 is 4.74 Å². The first-order valence-corrected chi connectivity index (χ1v) is 8.87. The lowest BCUT2D eigenvalue weighted by Crippen LogP contribution is -1.92. The number of azo groups is 1. The van der Waals surface area contributed by atoms with Crippen LogP contribution in [0.15, 0.2) is 101 Å². The standard InChI is InChI=1S/C23H18N4O/c1-28-20-14-12-19(13-15-20)26-27-21-16-24-23(18-10-6-3-7-11-18)25-22(21)17-8-4-2-5-9-17/h2-16H,1H3. The van der Waals surface area contributed by atoms with Gasteiger partial charge in [0.05, 0.1) is 19.0 Å². The molecule has 0 bridgehead atoms. The van der Waals surface area contributed by atoms with Gasteiger partial charge in [-0.2, -0.15) is 5.11 Å². The van der Waals surface area contributed by atoms with Crippen molar-refractivity contribution >= 4 is 11.4 Å². The van der Waals surface area contributed by atoms with Crippen molar-refractivity contribution in [2.45, 2.75) is 0 Å². The first kappa shape index (κ1) is 17.5. The van der Waals surface area contributed by atoms with Gasteiger partial charge >= 0.3 is 0 Å². The molecular weight excluding hydrogens is 348 g/mol. The number of methoxy groups -OCH3 is 1. The summed E-state index contributed by atoms with van der Waals surface area (Å²) < 4.78 is 5.17. The van der Waals surface area contributed by atoms with Crippen molar-refractivity contribution < 1.29 is 4.74 Å². The summed E-state index contributed by atoms with van der Waals surface area (Å²) in [5.41, 5.74) is 4.00. The maximum absolute atomic E-state index is 5.17. The average Bonchev–Trinajstić information content (AvgIpc) is 2.79. The fourth-order valence-electron chi connectivity index (χ4n) is 2.74. The second-order valence-corrected chi connectivity index (χ2v) is 6.06. The van der Waals surface area contributed by atoms with E-state index in [9.17, 15) is 0 Å². The summed E-state index contributed by atoms with van der Waals surface area (Å²) in [5, 5.41) is 8.73. The SMILES string of the molecule is COc1ccc(N=Nc2cnc(-c3ccccc3)nc2-c2ccccc2)cc1. The molecule has 4 rings (SSSR count). The lowest BCUT2D eigenvalue weighted by Gasteiger charge is -2.07. The molecule has 5 nitrogen and oxygen atoms in total. The summed E-state index contributed by atoms with van der Waals surface area (Å²) in [7, 11) is 1.63. The van der Waals surface area contributed by atoms with Gasteiger partial charge in [0, 0.05) is 11.1 Å². The second-order valence-electron chi connectivity index (χ2n) is 6.06. The Morgan fingerprint density at radius 1 is 0.714 bits per heavy atom. The first-order valence-electron chi connectivity index (χ1n) is 8.87. The molecule has 28 heavy (non-hydrogen) atoms. The summed E-state index contributed by atoms with van der Waals surface area (Å²) in [6.07, 6.45) is 1.71. The van der Waals surface area contributed by atoms with Gasteiger partial charge in [-0.1, -0.05) is 60.7 Å². The van der Waals surface area contributed by atoms with Crippen LogP contribution in [0, 0.1) is 0 Å². The highest BCUT2D eigenvalue weighted by Crippen LogP contribution is 2.31. The Kier molecular flexibility index (Phi) is 5.15. The van der Waals surface area contributed by atoms with Crippen LogP contribution in [0.1, 0.15) is 0 Å². The topological polar surface area (TPSA) is 59.7 Å². The quantitative estimate of drug-likeness (QED) is 0.393. The van der Waals surface area contributed by atoms with E-state index in [0.717, 1.165) is 28.3 Å². The van der Waals surface area contributed by atoms with Crippen molar-refractivity contribution in [3.8, 4) is 28.4 Å². The highest BCUT2D eigenvalue weighted by atomic mass is 16.5. The molecule has 0 fully saturated rings. The fraction of sp³-hybridized carbons (Fsp3) is 0.0435. The Hall–Kier alpha value is -3.86. The van der Waals surface area contributed by atoms with Gasteiger partial charge in [-0.15, -0.1) is 5.11 Å². The monoisotopic (exact) mass is 366 g/mol. The Labute approximate surface area is 163 Å². The molecule has 0 spiro atoms. The van der Waals surface area contributed by atoms with Crippen molar-refractivity contribution in [2.75, 3.05) is 7.11 Å². The van der Waals surface area contributed by atoms with Crippen LogP contribution in [0.25, 0.3) is 22.6 Å². The van der Waals surface area contributed by atoms with Crippen molar-refractivity contribution in [1.82, 2.24) is 9.97 Å². The third-order valence-corrected chi connectivity index (χ3v) is 4.19. The molecule has 0 aliphatic carbocycles. The van der Waals surface area contributed by atoms with E-state index in [1.165, 1.54) is 0 Å². The molecule has 1 aromatic heterocycles. The molecule has 1 heterocycles. The van der Waals surface area contributed by atoms with Crippen LogP contribution in [0.3, 0.4) is 0 Å². The lowest BCUT2D eigenvalue weighted by molar-refractivity contribution is 0.415. The zero-order valence-electron chi connectivity index (χ0n) is 15.4. The van der Waals surface area contributed by atoms with Crippen LogP contribution in [0.5, 0.6) is 5.75 Å². The summed E-state index contributed by atoms with van der Waals surface area (Å²) in [6, 6.07) is 27.2. The van der Waals surface area contributed by atoms with Crippen LogP contribution in [0.2, 0.25) is 0 Å². The smallest absolute Gasteiger partial charge is 0.159 e. The average molecular weight is 366 g/mol. The Morgan fingerprint density at radius 3 is 2.00 bits per heavy atom. The summed E-state index contributed by atoms with van der Waals surface area (Å²) in [4.78, 5) is 9.26. The molecule has 0 N–H and O–H groups in total. The molecule has 0 saturated carbocycles. The zero-order valence-corrected chi connectivity index (χ0v) is 15.4. The van der Waals surface area contributed by atoms with E-state index >= 15 is 0 Å². The van der Waals surface area contributed by atoms with E-state index in [4.69, 9.17) is 9.72 Å². The second kappa shape index (κ2) is 8.22. The number of benzene rings is 3. The predicted molar refractivity (Wildman–Crippen MR) is 110 cm³/mol. The third kappa shape index (κ3) is 3.94. The highest BCUT2D eigenvalue weighted by Gasteiger charge is 2.10. The van der Waals surface area contributed by atoms with Gasteiger partial charge in [-0.05, 0) is 24.3 Å². The number of nitrogens with zero attached hydrogens (tertiary/aromatic N) is 4. The fourth-order valence-corrected chi connectivity index (χ4v) is 2.74. The van der Waals surface area contributed by atoms with Crippen LogP contribution in [-0.4, -0.2) is 17.1 Å². The Bertz CT molecular complexity index is 1080. The van der Waals surface area contributed by atoms with E-state index in [-0.39, 0.29) is 0 Å². The van der Waals surface area contributed by atoms with Crippen LogP contribution in [-0.2, 0) is 0 Å². The van der Waals surface area contributed by atoms with Gasteiger partial charge < -0.3 is 4.74 Å². The first-order chi connectivity index (χ1) is 13.8. The van der Waals surface area contributed by atoms with Gasteiger partial charge in [0.25, 0.3) is 0 Å². The number of ether oxygens (including phenoxy) is 1. The van der Waals surface area contributed by atoms with Crippen molar-refractivity contribution in [2.24, 2.45) is 10.2 Å². The molecule has 5 heteroatoms. The maximum Gasteiger partial charge on any atom is 0.159 e. The van der Waals surface area contributed by atoms with E-state index < -0.39 is 0 Å².